The molecule has 0 aliphatic rings. The Labute approximate surface area is 103 Å². The van der Waals surface area contributed by atoms with Gasteiger partial charge in [0, 0.05) is 16.5 Å². The molecule has 0 radical (unpaired) electrons. The van der Waals surface area contributed by atoms with Crippen LogP contribution in [0.1, 0.15) is 17.2 Å². The van der Waals surface area contributed by atoms with Gasteiger partial charge in [0.05, 0.1) is 6.26 Å². The van der Waals surface area contributed by atoms with Crippen LogP contribution in [-0.4, -0.2) is 5.11 Å². The fourth-order valence-electron chi connectivity index (χ4n) is 2.07. The number of aliphatic hydroxyl groups is 1. The molecule has 0 spiro atoms. The second kappa shape index (κ2) is 4.27. The highest BCUT2D eigenvalue weighted by molar-refractivity contribution is 5.81. The van der Waals surface area contributed by atoms with E-state index in [1.807, 2.05) is 24.3 Å². The topological polar surface area (TPSA) is 33.4 Å². The largest absolute Gasteiger partial charge is 0.464 e. The van der Waals surface area contributed by atoms with Crippen LogP contribution in [0.3, 0.4) is 0 Å². The van der Waals surface area contributed by atoms with Crippen molar-refractivity contribution in [3.8, 4) is 0 Å². The van der Waals surface area contributed by atoms with Gasteiger partial charge in [-0.1, -0.05) is 36.4 Å². The molecule has 0 saturated carbocycles. The Morgan fingerprint density at radius 3 is 2.50 bits per heavy atom. The van der Waals surface area contributed by atoms with Gasteiger partial charge in [-0.15, -0.1) is 0 Å². The maximum Gasteiger partial charge on any atom is 0.134 e. The van der Waals surface area contributed by atoms with E-state index in [1.54, 1.807) is 18.2 Å². The van der Waals surface area contributed by atoms with E-state index < -0.39 is 11.9 Å². The van der Waals surface area contributed by atoms with Crippen LogP contribution < -0.4 is 0 Å². The van der Waals surface area contributed by atoms with Crippen molar-refractivity contribution < 1.29 is 13.9 Å². The average molecular weight is 242 g/mol. The Bertz CT molecular complexity index is 688. The molecular weight excluding hydrogens is 231 g/mol. The van der Waals surface area contributed by atoms with Gasteiger partial charge in [0.15, 0.2) is 0 Å². The number of rotatable bonds is 2. The molecule has 0 aliphatic carbocycles. The molecule has 1 N–H and O–H groups in total. The summed E-state index contributed by atoms with van der Waals surface area (Å²) in [6.07, 6.45) is 0.455. The van der Waals surface area contributed by atoms with Crippen molar-refractivity contribution in [1.29, 1.82) is 0 Å². The third kappa shape index (κ3) is 1.69. The fraction of sp³-hybridized carbons (Fsp3) is 0.0667. The van der Waals surface area contributed by atoms with Gasteiger partial charge in [-0.05, 0) is 12.1 Å². The number of hydrogen-bond acceptors (Lipinski definition) is 2. The van der Waals surface area contributed by atoms with E-state index in [0.717, 1.165) is 5.39 Å². The first-order valence-electron chi connectivity index (χ1n) is 5.66. The normalized spacial score (nSPS) is 12.8. The molecular formula is C15H11FO2. The van der Waals surface area contributed by atoms with Crippen LogP contribution in [0, 0.1) is 5.82 Å². The molecule has 0 aliphatic heterocycles. The van der Waals surface area contributed by atoms with Crippen molar-refractivity contribution in [1.82, 2.24) is 0 Å². The second-order valence-electron chi connectivity index (χ2n) is 4.11. The van der Waals surface area contributed by atoms with Crippen molar-refractivity contribution in [2.45, 2.75) is 6.10 Å². The van der Waals surface area contributed by atoms with Gasteiger partial charge in [0.1, 0.15) is 17.5 Å². The molecule has 1 heterocycles. The lowest BCUT2D eigenvalue weighted by Gasteiger charge is -2.10. The molecule has 3 aromatic rings. The number of furan rings is 1. The number of hydrogen-bond donors (Lipinski definition) is 1. The Kier molecular flexibility index (Phi) is 2.61. The monoisotopic (exact) mass is 242 g/mol. The molecule has 0 saturated heterocycles. The summed E-state index contributed by atoms with van der Waals surface area (Å²) >= 11 is 0. The van der Waals surface area contributed by atoms with Crippen molar-refractivity contribution in [2.75, 3.05) is 0 Å². The third-order valence-electron chi connectivity index (χ3n) is 3.01. The van der Waals surface area contributed by atoms with E-state index >= 15 is 0 Å². The number of benzene rings is 2. The Morgan fingerprint density at radius 2 is 1.67 bits per heavy atom. The zero-order valence-electron chi connectivity index (χ0n) is 9.51. The molecule has 3 rings (SSSR count). The van der Waals surface area contributed by atoms with Gasteiger partial charge in [-0.25, -0.2) is 4.39 Å². The lowest BCUT2D eigenvalue weighted by Crippen LogP contribution is -2.01. The van der Waals surface area contributed by atoms with Crippen LogP contribution in [0.5, 0.6) is 0 Å². The lowest BCUT2D eigenvalue weighted by molar-refractivity contribution is 0.215. The number of fused-ring (bicyclic) bond motifs is 1. The van der Waals surface area contributed by atoms with Crippen LogP contribution in [-0.2, 0) is 0 Å². The zero-order valence-corrected chi connectivity index (χ0v) is 9.51. The van der Waals surface area contributed by atoms with Gasteiger partial charge in [-0.3, -0.25) is 0 Å². The summed E-state index contributed by atoms with van der Waals surface area (Å²) in [7, 11) is 0. The fourth-order valence-corrected chi connectivity index (χ4v) is 2.07. The Morgan fingerprint density at radius 1 is 0.944 bits per heavy atom. The van der Waals surface area contributed by atoms with Gasteiger partial charge in [0.2, 0.25) is 0 Å². The van der Waals surface area contributed by atoms with E-state index in [4.69, 9.17) is 4.42 Å². The first-order chi connectivity index (χ1) is 8.77. The standard InChI is InChI=1S/C15H11FO2/c16-13-7-3-1-6-11(13)15(17)12-9-18-14-8-4-2-5-10(12)14/h1-9,15,17H. The third-order valence-corrected chi connectivity index (χ3v) is 3.01. The van der Waals surface area contributed by atoms with Gasteiger partial charge < -0.3 is 9.52 Å². The van der Waals surface area contributed by atoms with Crippen LogP contribution in [0.2, 0.25) is 0 Å². The van der Waals surface area contributed by atoms with Gasteiger partial charge in [0.25, 0.3) is 0 Å². The molecule has 0 fully saturated rings. The molecule has 1 atom stereocenters. The van der Waals surface area contributed by atoms with E-state index in [0.29, 0.717) is 11.1 Å². The van der Waals surface area contributed by atoms with E-state index in [1.165, 1.54) is 12.3 Å². The molecule has 0 amide bonds. The molecule has 3 heteroatoms. The van der Waals surface area contributed by atoms with Crippen LogP contribution in [0.25, 0.3) is 11.0 Å². The summed E-state index contributed by atoms with van der Waals surface area (Å²) in [5.74, 6) is -0.421. The number of halogens is 1. The zero-order chi connectivity index (χ0) is 12.5. The van der Waals surface area contributed by atoms with Gasteiger partial charge >= 0.3 is 0 Å². The number of aliphatic hydroxyl groups excluding tert-OH is 1. The lowest BCUT2D eigenvalue weighted by atomic mass is 10.0. The molecule has 1 aromatic heterocycles. The van der Waals surface area contributed by atoms with Crippen LogP contribution in [0.15, 0.2) is 59.2 Å². The summed E-state index contributed by atoms with van der Waals surface area (Å²) in [4.78, 5) is 0. The predicted molar refractivity (Wildman–Crippen MR) is 66.7 cm³/mol. The minimum absolute atomic E-state index is 0.254. The summed E-state index contributed by atoms with van der Waals surface area (Å²) in [6, 6.07) is 13.6. The minimum atomic E-state index is -1.02. The van der Waals surface area contributed by atoms with Crippen molar-refractivity contribution in [2.24, 2.45) is 0 Å². The highest BCUT2D eigenvalue weighted by atomic mass is 19.1. The SMILES string of the molecule is OC(c1ccccc1F)c1coc2ccccc12. The molecule has 90 valence electrons. The molecule has 2 nitrogen and oxygen atoms in total. The smallest absolute Gasteiger partial charge is 0.134 e. The quantitative estimate of drug-likeness (QED) is 0.744. The first kappa shape index (κ1) is 11.0. The maximum absolute atomic E-state index is 13.6. The predicted octanol–water partition coefficient (Wildman–Crippen LogP) is 3.65. The molecule has 1 unspecified atom stereocenters. The van der Waals surface area contributed by atoms with Crippen molar-refractivity contribution in [3.63, 3.8) is 0 Å². The van der Waals surface area contributed by atoms with E-state index in [2.05, 4.69) is 0 Å². The number of para-hydroxylation sites is 1. The van der Waals surface area contributed by atoms with Crippen molar-refractivity contribution in [3.05, 3.63) is 71.7 Å². The first-order valence-corrected chi connectivity index (χ1v) is 5.66. The van der Waals surface area contributed by atoms with E-state index in [9.17, 15) is 9.50 Å². The maximum atomic E-state index is 13.6. The summed E-state index contributed by atoms with van der Waals surface area (Å²) in [5.41, 5.74) is 1.52. The summed E-state index contributed by atoms with van der Waals surface area (Å²) in [6.45, 7) is 0. The highest BCUT2D eigenvalue weighted by Gasteiger charge is 2.18. The van der Waals surface area contributed by atoms with Gasteiger partial charge in [-0.2, -0.15) is 0 Å². The Balaban J connectivity index is 2.13. The highest BCUT2D eigenvalue weighted by Crippen LogP contribution is 2.31. The second-order valence-corrected chi connectivity index (χ2v) is 4.11. The molecule has 2 aromatic carbocycles. The average Bonchev–Trinajstić information content (AvgIpc) is 2.82. The Hall–Kier alpha value is -2.13. The van der Waals surface area contributed by atoms with Crippen molar-refractivity contribution >= 4 is 11.0 Å². The minimum Gasteiger partial charge on any atom is -0.464 e. The molecule has 18 heavy (non-hydrogen) atoms. The summed E-state index contributed by atoms with van der Waals surface area (Å²) < 4.78 is 19.0. The van der Waals surface area contributed by atoms with E-state index in [-0.39, 0.29) is 5.56 Å². The van der Waals surface area contributed by atoms with Crippen LogP contribution >= 0.6 is 0 Å². The van der Waals surface area contributed by atoms with Crippen LogP contribution in [0.4, 0.5) is 4.39 Å². The summed E-state index contributed by atoms with van der Waals surface area (Å²) in [5, 5.41) is 11.1. The molecule has 0 bridgehead atoms.